The minimum atomic E-state index is -0.520. The second-order valence-corrected chi connectivity index (χ2v) is 9.18. The molecule has 26 heavy (non-hydrogen) atoms. The Kier molecular flexibility index (Phi) is 6.98. The first-order chi connectivity index (χ1) is 12.2. The fourth-order valence-electron chi connectivity index (χ4n) is 4.40. The number of alkyl carbamates (subject to hydrolysis) is 1. The third-order valence-electron chi connectivity index (χ3n) is 5.95. The smallest absolute Gasteiger partial charge is 0.408 e. The summed E-state index contributed by atoms with van der Waals surface area (Å²) in [7, 11) is 0. The zero-order valence-electron chi connectivity index (χ0n) is 17.2. The van der Waals surface area contributed by atoms with Gasteiger partial charge in [0.05, 0.1) is 5.92 Å². The van der Waals surface area contributed by atoms with Gasteiger partial charge in [-0.2, -0.15) is 0 Å². The molecule has 1 saturated heterocycles. The molecule has 2 rings (SSSR count). The van der Waals surface area contributed by atoms with Gasteiger partial charge in [-0.15, -0.1) is 0 Å². The minimum Gasteiger partial charge on any atom is -0.462 e. The quantitative estimate of drug-likeness (QED) is 0.673. The molecule has 0 bridgehead atoms. The molecule has 2 fully saturated rings. The van der Waals surface area contributed by atoms with Gasteiger partial charge in [-0.25, -0.2) is 4.79 Å². The van der Waals surface area contributed by atoms with E-state index in [0.717, 1.165) is 51.4 Å². The van der Waals surface area contributed by atoms with Crippen molar-refractivity contribution in [2.24, 2.45) is 11.8 Å². The molecule has 0 radical (unpaired) electrons. The van der Waals surface area contributed by atoms with Gasteiger partial charge in [-0.05, 0) is 46.5 Å². The lowest BCUT2D eigenvalue weighted by Gasteiger charge is -2.44. The summed E-state index contributed by atoms with van der Waals surface area (Å²) < 4.78 is 11.3. The first-order valence-corrected chi connectivity index (χ1v) is 10.4. The number of esters is 1. The summed E-state index contributed by atoms with van der Waals surface area (Å²) in [5.74, 6) is 0.0500. The van der Waals surface area contributed by atoms with E-state index in [1.165, 1.54) is 6.42 Å². The van der Waals surface area contributed by atoms with Gasteiger partial charge in [0, 0.05) is 11.5 Å². The Balaban J connectivity index is 2.08. The predicted molar refractivity (Wildman–Crippen MR) is 102 cm³/mol. The third kappa shape index (κ3) is 5.37. The van der Waals surface area contributed by atoms with Gasteiger partial charge in [0.25, 0.3) is 0 Å². The predicted octanol–water partition coefficient (Wildman–Crippen LogP) is 4.97. The number of carbonyl (C=O) groups excluding carboxylic acids is 2. The molecule has 0 aromatic carbocycles. The summed E-state index contributed by atoms with van der Waals surface area (Å²) >= 11 is 0. The van der Waals surface area contributed by atoms with Gasteiger partial charge in [0.15, 0.2) is 0 Å². The van der Waals surface area contributed by atoms with Crippen LogP contribution in [-0.2, 0) is 14.3 Å². The van der Waals surface area contributed by atoms with Crippen molar-refractivity contribution < 1.29 is 19.1 Å². The third-order valence-corrected chi connectivity index (χ3v) is 5.95. The Morgan fingerprint density at radius 3 is 2.54 bits per heavy atom. The molecule has 5 heteroatoms. The summed E-state index contributed by atoms with van der Waals surface area (Å²) in [5.41, 5.74) is -0.862. The van der Waals surface area contributed by atoms with Crippen LogP contribution in [0.1, 0.15) is 92.4 Å². The van der Waals surface area contributed by atoms with Gasteiger partial charge < -0.3 is 14.8 Å². The average Bonchev–Trinajstić information content (AvgIpc) is 2.92. The molecular weight excluding hydrogens is 330 g/mol. The maximum Gasteiger partial charge on any atom is 0.408 e. The molecule has 1 aliphatic heterocycles. The lowest BCUT2D eigenvalue weighted by molar-refractivity contribution is -0.147. The Bertz CT molecular complexity index is 491. The largest absolute Gasteiger partial charge is 0.462 e. The number of cyclic esters (lactones) is 1. The number of amides is 1. The van der Waals surface area contributed by atoms with E-state index >= 15 is 0 Å². The summed E-state index contributed by atoms with van der Waals surface area (Å²) in [5, 5.41) is 3.19. The molecule has 0 aromatic rings. The van der Waals surface area contributed by atoms with Crippen LogP contribution in [0.15, 0.2) is 0 Å². The van der Waals surface area contributed by atoms with Crippen molar-refractivity contribution in [3.05, 3.63) is 0 Å². The van der Waals surface area contributed by atoms with Crippen LogP contribution < -0.4 is 5.32 Å². The second-order valence-electron chi connectivity index (χ2n) is 9.18. The summed E-state index contributed by atoms with van der Waals surface area (Å²) in [4.78, 5) is 24.7. The molecule has 1 aliphatic carbocycles. The van der Waals surface area contributed by atoms with Crippen LogP contribution in [-0.4, -0.2) is 29.3 Å². The van der Waals surface area contributed by atoms with Crippen LogP contribution in [0.2, 0.25) is 0 Å². The van der Waals surface area contributed by atoms with Crippen molar-refractivity contribution in [2.75, 3.05) is 0 Å². The van der Waals surface area contributed by atoms with Crippen LogP contribution in [0.3, 0.4) is 0 Å². The minimum absolute atomic E-state index is 0.0181. The van der Waals surface area contributed by atoms with Crippen LogP contribution >= 0.6 is 0 Å². The van der Waals surface area contributed by atoms with E-state index in [-0.39, 0.29) is 35.5 Å². The van der Waals surface area contributed by atoms with Crippen molar-refractivity contribution in [2.45, 2.75) is 110 Å². The van der Waals surface area contributed by atoms with E-state index in [4.69, 9.17) is 9.47 Å². The summed E-state index contributed by atoms with van der Waals surface area (Å²) in [6, 6.07) is 0. The van der Waals surface area contributed by atoms with Gasteiger partial charge in [-0.1, -0.05) is 46.0 Å². The van der Waals surface area contributed by atoms with E-state index in [0.29, 0.717) is 0 Å². The van der Waals surface area contributed by atoms with E-state index in [9.17, 15) is 9.59 Å². The van der Waals surface area contributed by atoms with Crippen LogP contribution in [0.5, 0.6) is 0 Å². The average molecular weight is 368 g/mol. The molecule has 150 valence electrons. The molecule has 5 nitrogen and oxygen atoms in total. The number of rotatable bonds is 6. The van der Waals surface area contributed by atoms with Crippen molar-refractivity contribution >= 4 is 12.1 Å². The van der Waals surface area contributed by atoms with E-state index in [1.54, 1.807) is 0 Å². The molecular formula is C21H37NO4. The summed E-state index contributed by atoms with van der Waals surface area (Å²) in [6.45, 7) is 9.90. The molecule has 3 atom stereocenters. The van der Waals surface area contributed by atoms with Crippen molar-refractivity contribution in [3.63, 3.8) is 0 Å². The SMILES string of the molecule is CCCC[C@@H]1C[C@@H]([C@@H](C)C2(NC(=O)OC(C)(C)C)CCCCC2)OC1=O. The fraction of sp³-hybridized carbons (Fsp3) is 0.905. The van der Waals surface area contributed by atoms with Crippen molar-refractivity contribution in [1.82, 2.24) is 5.32 Å². The Labute approximate surface area is 158 Å². The van der Waals surface area contributed by atoms with Crippen molar-refractivity contribution in [1.29, 1.82) is 0 Å². The van der Waals surface area contributed by atoms with Crippen molar-refractivity contribution in [3.8, 4) is 0 Å². The molecule has 1 saturated carbocycles. The highest BCUT2D eigenvalue weighted by Gasteiger charge is 2.47. The number of hydrogen-bond donors (Lipinski definition) is 1. The molecule has 0 unspecified atom stereocenters. The maximum atomic E-state index is 12.5. The number of ether oxygens (including phenoxy) is 2. The highest BCUT2D eigenvalue weighted by molar-refractivity contribution is 5.74. The van der Waals surface area contributed by atoms with Gasteiger partial charge in [-0.3, -0.25) is 4.79 Å². The van der Waals surface area contributed by atoms with Gasteiger partial charge in [0.1, 0.15) is 11.7 Å². The van der Waals surface area contributed by atoms with Crippen LogP contribution in [0.25, 0.3) is 0 Å². The Morgan fingerprint density at radius 2 is 1.96 bits per heavy atom. The standard InChI is InChI=1S/C21H37NO4/c1-6-7-11-16-14-17(25-18(16)23)15(2)21(12-9-8-10-13-21)22-19(24)26-20(3,4)5/h15-17H,6-14H2,1-5H3,(H,22,24)/t15-,16-,17+/m1/s1. The molecule has 1 amide bonds. The zero-order chi connectivity index (χ0) is 19.4. The zero-order valence-corrected chi connectivity index (χ0v) is 17.2. The molecule has 0 aromatic heterocycles. The lowest BCUT2D eigenvalue weighted by atomic mass is 9.70. The van der Waals surface area contributed by atoms with Crippen LogP contribution in [0, 0.1) is 11.8 Å². The highest BCUT2D eigenvalue weighted by atomic mass is 16.6. The molecule has 0 spiro atoms. The normalized spacial score (nSPS) is 26.9. The lowest BCUT2D eigenvalue weighted by Crippen LogP contribution is -2.57. The highest BCUT2D eigenvalue weighted by Crippen LogP contribution is 2.41. The number of hydrogen-bond acceptors (Lipinski definition) is 4. The van der Waals surface area contributed by atoms with E-state index in [2.05, 4.69) is 19.2 Å². The first-order valence-electron chi connectivity index (χ1n) is 10.4. The fourth-order valence-corrected chi connectivity index (χ4v) is 4.40. The maximum absolute atomic E-state index is 12.5. The molecule has 2 aliphatic rings. The number of unbranched alkanes of at least 4 members (excludes halogenated alkanes) is 1. The summed E-state index contributed by atoms with van der Waals surface area (Å²) in [6.07, 6.45) is 8.55. The van der Waals surface area contributed by atoms with Gasteiger partial charge >= 0.3 is 12.1 Å². The van der Waals surface area contributed by atoms with Crippen LogP contribution in [0.4, 0.5) is 4.79 Å². The molecule has 1 heterocycles. The first kappa shape index (κ1) is 21.0. The Hall–Kier alpha value is -1.26. The molecule has 1 N–H and O–H groups in total. The number of carbonyl (C=O) groups is 2. The second kappa shape index (κ2) is 8.62. The Morgan fingerprint density at radius 1 is 1.31 bits per heavy atom. The topological polar surface area (TPSA) is 64.6 Å². The van der Waals surface area contributed by atoms with E-state index < -0.39 is 5.60 Å². The monoisotopic (exact) mass is 367 g/mol. The van der Waals surface area contributed by atoms with E-state index in [1.807, 2.05) is 20.8 Å². The van der Waals surface area contributed by atoms with Gasteiger partial charge in [0.2, 0.25) is 0 Å². The number of nitrogens with one attached hydrogen (secondary N) is 1.